The zero-order chi connectivity index (χ0) is 34.5. The van der Waals surface area contributed by atoms with Gasteiger partial charge in [-0.3, -0.25) is 9.59 Å². The molecule has 2 saturated heterocycles. The third kappa shape index (κ3) is 7.86. The highest BCUT2D eigenvalue weighted by atomic mass is 19.1. The number of hydrogen-bond acceptors (Lipinski definition) is 6. The number of benzene rings is 4. The molecule has 6 rings (SSSR count). The molecule has 2 heterocycles. The van der Waals surface area contributed by atoms with Crippen LogP contribution in [0.5, 0.6) is 0 Å². The fourth-order valence-electron chi connectivity index (χ4n) is 6.32. The molecule has 3 N–H and O–H groups in total. The van der Waals surface area contributed by atoms with Crippen LogP contribution in [0.1, 0.15) is 58.5 Å². The Labute approximate surface area is 282 Å². The molecular weight excluding hydrogens is 634 g/mol. The van der Waals surface area contributed by atoms with Crippen LogP contribution in [0, 0.1) is 17.6 Å². The molecule has 0 saturated carbocycles. The molecule has 2 amide bonds. The zero-order valence-electron chi connectivity index (χ0n) is 26.6. The summed E-state index contributed by atoms with van der Waals surface area (Å²) in [6, 6.07) is 25.0. The summed E-state index contributed by atoms with van der Waals surface area (Å²) in [5.41, 5.74) is 2.88. The van der Waals surface area contributed by atoms with E-state index in [9.17, 15) is 33.4 Å². The maximum Gasteiger partial charge on any atom is 0.335 e. The fourth-order valence-corrected chi connectivity index (χ4v) is 6.32. The number of nitrogens with zero attached hydrogens (tertiary/aromatic N) is 1. The Hall–Kier alpha value is -4.97. The van der Waals surface area contributed by atoms with Crippen LogP contribution in [0.25, 0.3) is 0 Å². The van der Waals surface area contributed by atoms with Crippen LogP contribution in [-0.2, 0) is 25.5 Å². The molecule has 4 aromatic carbocycles. The van der Waals surface area contributed by atoms with Crippen molar-refractivity contribution in [3.8, 4) is 0 Å². The normalized spacial score (nSPS) is 18.7. The molecule has 0 aromatic heterocycles. The number of carbonyl (C=O) groups excluding carboxylic acids is 2. The van der Waals surface area contributed by atoms with Crippen LogP contribution in [-0.4, -0.2) is 53.4 Å². The highest BCUT2D eigenvalue weighted by Crippen LogP contribution is 2.46. The first-order chi connectivity index (χ1) is 23.6. The van der Waals surface area contributed by atoms with Crippen molar-refractivity contribution in [3.05, 3.63) is 131 Å². The second-order valence-corrected chi connectivity index (χ2v) is 12.5. The number of anilines is 2. The largest absolute Gasteiger partial charge is 0.478 e. The number of β-lactam (4-membered cyclic amide) rings is 1. The Morgan fingerprint density at radius 3 is 2.27 bits per heavy atom. The quantitative estimate of drug-likeness (QED) is 0.136. The summed E-state index contributed by atoms with van der Waals surface area (Å²) in [5, 5.41) is 22.6. The number of hydrogen-bond donors (Lipinski definition) is 3. The standard InChI is InChI=1S/C38H36F2N2O7/c39-28-10-8-25(9-11-28)33(43)17-16-32-35(42(36(32)45)31-14-12-29(40)13-15-31)26-6-4-24(5-7-26)18-19-38(22-48-23-38)49-21-34(44)41-30-3-1-2-27(20-30)37(46)47/h1-15,20,32-33,35,43H,16-19,21-23H2,(H,41,44)(H,46,47)/t32-,33+,35-/m1/s1. The van der Waals surface area contributed by atoms with Crippen molar-refractivity contribution in [2.75, 3.05) is 30.0 Å². The molecule has 2 fully saturated rings. The average molecular weight is 671 g/mol. The van der Waals surface area contributed by atoms with Gasteiger partial charge in [0.2, 0.25) is 11.8 Å². The smallest absolute Gasteiger partial charge is 0.335 e. The summed E-state index contributed by atoms with van der Waals surface area (Å²) in [5.74, 6) is -2.81. The lowest BCUT2D eigenvalue weighted by atomic mass is 9.78. The lowest BCUT2D eigenvalue weighted by Gasteiger charge is -2.48. The maximum absolute atomic E-state index is 13.7. The number of carboxylic acids is 1. The van der Waals surface area contributed by atoms with E-state index < -0.39 is 41.1 Å². The minimum absolute atomic E-state index is 0.0665. The van der Waals surface area contributed by atoms with Crippen LogP contribution in [0.4, 0.5) is 20.2 Å². The summed E-state index contributed by atoms with van der Waals surface area (Å²) in [7, 11) is 0. The Kier molecular flexibility index (Phi) is 10.1. The third-order valence-corrected chi connectivity index (χ3v) is 9.15. The van der Waals surface area contributed by atoms with Crippen LogP contribution >= 0.6 is 0 Å². The lowest BCUT2D eigenvalue weighted by molar-refractivity contribution is -0.211. The van der Waals surface area contributed by atoms with Crippen LogP contribution in [0.15, 0.2) is 97.1 Å². The minimum Gasteiger partial charge on any atom is -0.478 e. The molecule has 0 aliphatic carbocycles. The van der Waals surface area contributed by atoms with Crippen molar-refractivity contribution in [2.45, 2.75) is 43.4 Å². The molecule has 254 valence electrons. The Morgan fingerprint density at radius 2 is 1.63 bits per heavy atom. The molecule has 0 bridgehead atoms. The van der Waals surface area contributed by atoms with E-state index in [-0.39, 0.29) is 24.1 Å². The molecule has 2 aliphatic heterocycles. The number of rotatable bonds is 14. The van der Waals surface area contributed by atoms with Crippen molar-refractivity contribution >= 4 is 29.2 Å². The number of carboxylic acid groups (broad SMARTS) is 1. The number of aliphatic hydroxyl groups is 1. The summed E-state index contributed by atoms with van der Waals surface area (Å²) in [6.07, 6.45) is 1.10. The number of aryl methyl sites for hydroxylation is 1. The van der Waals surface area contributed by atoms with Gasteiger partial charge in [0.1, 0.15) is 23.8 Å². The molecular formula is C38H36F2N2O7. The lowest BCUT2D eigenvalue weighted by Crippen LogP contribution is -2.55. The van der Waals surface area contributed by atoms with Crippen LogP contribution in [0.2, 0.25) is 0 Å². The van der Waals surface area contributed by atoms with Gasteiger partial charge in [0.15, 0.2) is 0 Å². The van der Waals surface area contributed by atoms with Gasteiger partial charge < -0.3 is 29.9 Å². The molecule has 2 aliphatic rings. The zero-order valence-corrected chi connectivity index (χ0v) is 26.6. The van der Waals surface area contributed by atoms with E-state index in [1.54, 1.807) is 29.2 Å². The Balaban J connectivity index is 1.08. The van der Waals surface area contributed by atoms with Crippen molar-refractivity contribution in [3.63, 3.8) is 0 Å². The van der Waals surface area contributed by atoms with Crippen LogP contribution in [0.3, 0.4) is 0 Å². The number of aliphatic hydroxyl groups excluding tert-OH is 1. The number of nitrogens with one attached hydrogen (secondary N) is 1. The average Bonchev–Trinajstić information content (AvgIpc) is 3.08. The summed E-state index contributed by atoms with van der Waals surface area (Å²) >= 11 is 0. The van der Waals surface area contributed by atoms with E-state index in [0.717, 1.165) is 11.1 Å². The van der Waals surface area contributed by atoms with Gasteiger partial charge in [0.05, 0.1) is 36.8 Å². The maximum atomic E-state index is 13.7. The second-order valence-electron chi connectivity index (χ2n) is 12.5. The van der Waals surface area contributed by atoms with Crippen molar-refractivity contribution in [1.82, 2.24) is 0 Å². The molecule has 0 unspecified atom stereocenters. The number of aromatic carboxylic acids is 1. The van der Waals surface area contributed by atoms with Gasteiger partial charge in [-0.15, -0.1) is 0 Å². The van der Waals surface area contributed by atoms with Crippen molar-refractivity contribution in [2.24, 2.45) is 5.92 Å². The van der Waals surface area contributed by atoms with Gasteiger partial charge in [0, 0.05) is 11.4 Å². The van der Waals surface area contributed by atoms with E-state index >= 15 is 0 Å². The molecule has 0 radical (unpaired) electrons. The van der Waals surface area contributed by atoms with E-state index in [1.807, 2.05) is 24.3 Å². The first kappa shape index (κ1) is 33.9. The van der Waals surface area contributed by atoms with Gasteiger partial charge in [-0.2, -0.15) is 0 Å². The summed E-state index contributed by atoms with van der Waals surface area (Å²) in [4.78, 5) is 38.8. The molecule has 0 spiro atoms. The molecule has 4 aromatic rings. The monoisotopic (exact) mass is 670 g/mol. The summed E-state index contributed by atoms with van der Waals surface area (Å²) < 4.78 is 38.5. The molecule has 11 heteroatoms. The highest BCUT2D eigenvalue weighted by molar-refractivity contribution is 6.03. The van der Waals surface area contributed by atoms with Gasteiger partial charge in [-0.1, -0.05) is 42.5 Å². The second kappa shape index (κ2) is 14.7. The third-order valence-electron chi connectivity index (χ3n) is 9.15. The fraction of sp³-hybridized carbons (Fsp3) is 0.289. The van der Waals surface area contributed by atoms with Gasteiger partial charge in [-0.05, 0) is 97.0 Å². The van der Waals surface area contributed by atoms with Gasteiger partial charge in [0.25, 0.3) is 0 Å². The Bertz CT molecular complexity index is 1790. The van der Waals surface area contributed by atoms with E-state index in [1.165, 1.54) is 48.5 Å². The van der Waals surface area contributed by atoms with E-state index in [4.69, 9.17) is 9.47 Å². The first-order valence-corrected chi connectivity index (χ1v) is 16.1. The summed E-state index contributed by atoms with van der Waals surface area (Å²) in [6.45, 7) is 0.468. The van der Waals surface area contributed by atoms with Crippen LogP contribution < -0.4 is 10.2 Å². The SMILES string of the molecule is O=C(COC1(CCc2ccc([C@@H]3[C@@H](CC[C@H](O)c4ccc(F)cc4)C(=O)N3c3ccc(F)cc3)cc2)COC1)Nc1cccc(C(=O)O)c1. The van der Waals surface area contributed by atoms with Gasteiger partial charge >= 0.3 is 5.97 Å². The Morgan fingerprint density at radius 1 is 0.959 bits per heavy atom. The number of carbonyl (C=O) groups is 3. The van der Waals surface area contributed by atoms with Crippen molar-refractivity contribution in [1.29, 1.82) is 0 Å². The van der Waals surface area contributed by atoms with Crippen molar-refractivity contribution < 1.29 is 42.9 Å². The molecule has 3 atom stereocenters. The number of amides is 2. The topological polar surface area (TPSA) is 125 Å². The highest BCUT2D eigenvalue weighted by Gasteiger charge is 2.48. The minimum atomic E-state index is -1.09. The molecule has 9 nitrogen and oxygen atoms in total. The molecule has 49 heavy (non-hydrogen) atoms. The predicted molar refractivity (Wildman–Crippen MR) is 177 cm³/mol. The van der Waals surface area contributed by atoms with E-state index in [0.29, 0.717) is 55.8 Å². The number of halogens is 2. The predicted octanol–water partition coefficient (Wildman–Crippen LogP) is 6.24. The number of ether oxygens (including phenoxy) is 2. The first-order valence-electron chi connectivity index (χ1n) is 16.1. The van der Waals surface area contributed by atoms with E-state index in [2.05, 4.69) is 5.32 Å². The van der Waals surface area contributed by atoms with Gasteiger partial charge in [-0.25, -0.2) is 13.6 Å².